The largest absolute Gasteiger partial charge is 0.495 e. The Morgan fingerprint density at radius 3 is 2.66 bits per heavy atom. The minimum atomic E-state index is -0.617. The summed E-state index contributed by atoms with van der Waals surface area (Å²) in [5.74, 6) is -0.211. The highest BCUT2D eigenvalue weighted by atomic mass is 35.5. The summed E-state index contributed by atoms with van der Waals surface area (Å²) >= 11 is 6.00. The maximum atomic E-state index is 12.7. The summed E-state index contributed by atoms with van der Waals surface area (Å²) in [5, 5.41) is 23.8. The van der Waals surface area contributed by atoms with Gasteiger partial charge in [0.2, 0.25) is 0 Å². The number of hydrogen-bond acceptors (Lipinski definition) is 5. The van der Waals surface area contributed by atoms with Gasteiger partial charge >= 0.3 is 0 Å². The highest BCUT2D eigenvalue weighted by Crippen LogP contribution is 2.29. The fourth-order valence-electron chi connectivity index (χ4n) is 3.35. The molecule has 9 heteroatoms. The predicted molar refractivity (Wildman–Crippen MR) is 122 cm³/mol. The van der Waals surface area contributed by atoms with E-state index in [0.717, 1.165) is 11.4 Å². The third-order valence-corrected chi connectivity index (χ3v) is 5.08. The van der Waals surface area contributed by atoms with Gasteiger partial charge in [0.15, 0.2) is 0 Å². The molecular weight excluding hydrogens is 432 g/mol. The zero-order valence-electron chi connectivity index (χ0n) is 17.5. The first kappa shape index (κ1) is 22.6. The molecule has 3 aromatic rings. The molecule has 8 nitrogen and oxygen atoms in total. The number of nitrogens with one attached hydrogen (secondary N) is 1. The Balaban J connectivity index is 1.97. The van der Waals surface area contributed by atoms with Gasteiger partial charge in [0.05, 0.1) is 23.4 Å². The van der Waals surface area contributed by atoms with Crippen LogP contribution >= 0.6 is 11.6 Å². The van der Waals surface area contributed by atoms with Gasteiger partial charge in [-0.1, -0.05) is 17.7 Å². The number of hydrogen-bond donors (Lipinski definition) is 1. The summed E-state index contributed by atoms with van der Waals surface area (Å²) < 4.78 is 7.04. The maximum absolute atomic E-state index is 12.7. The lowest BCUT2D eigenvalue weighted by molar-refractivity contribution is -0.384. The van der Waals surface area contributed by atoms with Crippen molar-refractivity contribution in [1.29, 1.82) is 5.26 Å². The first-order valence-corrected chi connectivity index (χ1v) is 9.83. The van der Waals surface area contributed by atoms with Gasteiger partial charge < -0.3 is 14.6 Å². The van der Waals surface area contributed by atoms with Gasteiger partial charge in [-0.05, 0) is 55.8 Å². The number of methoxy groups -OCH3 is 1. The van der Waals surface area contributed by atoms with Crippen LogP contribution in [0.1, 0.15) is 17.0 Å². The van der Waals surface area contributed by atoms with E-state index in [-0.39, 0.29) is 11.3 Å². The Labute approximate surface area is 189 Å². The van der Waals surface area contributed by atoms with Crippen molar-refractivity contribution in [3.63, 3.8) is 0 Å². The molecule has 2 aromatic carbocycles. The normalized spacial score (nSPS) is 11.0. The van der Waals surface area contributed by atoms with E-state index in [1.54, 1.807) is 30.3 Å². The summed E-state index contributed by atoms with van der Waals surface area (Å²) in [6.07, 6.45) is 1.47. The van der Waals surface area contributed by atoms with Crippen molar-refractivity contribution in [2.45, 2.75) is 13.8 Å². The van der Waals surface area contributed by atoms with Gasteiger partial charge in [0.1, 0.15) is 17.4 Å². The van der Waals surface area contributed by atoms with Crippen LogP contribution in [0.2, 0.25) is 5.02 Å². The smallest absolute Gasteiger partial charge is 0.271 e. The second-order valence-corrected chi connectivity index (χ2v) is 7.34. The summed E-state index contributed by atoms with van der Waals surface area (Å²) in [6, 6.07) is 14.7. The Morgan fingerprint density at radius 1 is 1.25 bits per heavy atom. The molecular formula is C23H19ClN4O4. The van der Waals surface area contributed by atoms with Crippen molar-refractivity contribution in [3.8, 4) is 17.5 Å². The van der Waals surface area contributed by atoms with Crippen molar-refractivity contribution < 1.29 is 14.5 Å². The molecule has 0 aliphatic rings. The number of nitriles is 1. The van der Waals surface area contributed by atoms with Crippen LogP contribution in [0.15, 0.2) is 54.1 Å². The quantitative estimate of drug-likeness (QED) is 0.240. The van der Waals surface area contributed by atoms with Crippen molar-refractivity contribution >= 4 is 35.0 Å². The molecule has 3 rings (SSSR count). The molecule has 0 radical (unpaired) electrons. The van der Waals surface area contributed by atoms with Crippen molar-refractivity contribution in [1.82, 2.24) is 4.57 Å². The summed E-state index contributed by atoms with van der Waals surface area (Å²) in [7, 11) is 1.46. The molecule has 0 spiro atoms. The third kappa shape index (κ3) is 4.63. The minimum Gasteiger partial charge on any atom is -0.495 e. The average Bonchev–Trinajstić information content (AvgIpc) is 3.04. The van der Waals surface area contributed by atoms with Crippen LogP contribution in [-0.4, -0.2) is 22.5 Å². The number of carbonyl (C=O) groups excluding carboxylic acids is 1. The Kier molecular flexibility index (Phi) is 6.61. The molecule has 0 saturated heterocycles. The lowest BCUT2D eigenvalue weighted by atomic mass is 10.1. The number of nitro groups is 1. The number of aromatic nitrogens is 1. The summed E-state index contributed by atoms with van der Waals surface area (Å²) in [4.78, 5) is 23.4. The van der Waals surface area contributed by atoms with Crippen LogP contribution in [0.4, 0.5) is 11.4 Å². The van der Waals surface area contributed by atoms with E-state index < -0.39 is 10.8 Å². The highest BCUT2D eigenvalue weighted by molar-refractivity contribution is 6.31. The summed E-state index contributed by atoms with van der Waals surface area (Å²) in [5.41, 5.74) is 2.96. The lowest BCUT2D eigenvalue weighted by Gasteiger charge is -2.10. The topological polar surface area (TPSA) is 110 Å². The fourth-order valence-corrected chi connectivity index (χ4v) is 3.52. The number of rotatable bonds is 6. The number of aryl methyl sites for hydroxylation is 1. The van der Waals surface area contributed by atoms with Gasteiger partial charge in [0, 0.05) is 28.5 Å². The molecule has 1 aromatic heterocycles. The van der Waals surface area contributed by atoms with E-state index >= 15 is 0 Å². The van der Waals surface area contributed by atoms with Gasteiger partial charge in [-0.2, -0.15) is 5.26 Å². The van der Waals surface area contributed by atoms with E-state index in [1.165, 1.54) is 31.4 Å². The van der Waals surface area contributed by atoms with E-state index in [0.29, 0.717) is 27.7 Å². The number of nitrogens with zero attached hydrogens (tertiary/aromatic N) is 3. The first-order valence-electron chi connectivity index (χ1n) is 9.45. The number of nitro benzene ring substituents is 1. The van der Waals surface area contributed by atoms with Gasteiger partial charge in [-0.25, -0.2) is 0 Å². The molecule has 0 atom stereocenters. The fraction of sp³-hybridized carbons (Fsp3) is 0.130. The molecule has 162 valence electrons. The molecule has 1 N–H and O–H groups in total. The van der Waals surface area contributed by atoms with Crippen molar-refractivity contribution in [3.05, 3.63) is 86.2 Å². The number of benzene rings is 2. The van der Waals surface area contributed by atoms with Crippen LogP contribution in [0.5, 0.6) is 5.75 Å². The zero-order chi connectivity index (χ0) is 23.4. The first-order chi connectivity index (χ1) is 15.2. The maximum Gasteiger partial charge on any atom is 0.271 e. The van der Waals surface area contributed by atoms with E-state index in [9.17, 15) is 20.2 Å². The number of anilines is 1. The molecule has 0 unspecified atom stereocenters. The van der Waals surface area contributed by atoms with Crippen LogP contribution in [0.3, 0.4) is 0 Å². The highest BCUT2D eigenvalue weighted by Gasteiger charge is 2.17. The second-order valence-electron chi connectivity index (χ2n) is 6.91. The van der Waals surface area contributed by atoms with Crippen molar-refractivity contribution in [2.24, 2.45) is 0 Å². The Morgan fingerprint density at radius 2 is 2.00 bits per heavy atom. The number of amides is 1. The number of carbonyl (C=O) groups is 1. The Bertz CT molecular complexity index is 1290. The molecule has 32 heavy (non-hydrogen) atoms. The Hall–Kier alpha value is -4.09. The average molecular weight is 451 g/mol. The van der Waals surface area contributed by atoms with Gasteiger partial charge in [-0.3, -0.25) is 14.9 Å². The zero-order valence-corrected chi connectivity index (χ0v) is 18.3. The summed E-state index contributed by atoms with van der Waals surface area (Å²) in [6.45, 7) is 3.65. The van der Waals surface area contributed by atoms with Crippen LogP contribution in [0, 0.1) is 35.3 Å². The third-order valence-electron chi connectivity index (χ3n) is 4.84. The standard InChI is InChI=1S/C23H19ClN4O4/c1-14-9-16(15(2)27(14)19-5-4-6-20(12-19)28(30)31)10-17(13-25)23(29)26-21-11-18(24)7-8-22(21)32-3/h4-12H,1-3H3,(H,26,29)/b17-10+. The minimum absolute atomic E-state index is 0.0281. The van der Waals surface area contributed by atoms with Crippen LogP contribution in [-0.2, 0) is 4.79 Å². The number of non-ortho nitro benzene ring substituents is 1. The molecule has 0 saturated carbocycles. The monoisotopic (exact) mass is 450 g/mol. The van der Waals surface area contributed by atoms with E-state index in [4.69, 9.17) is 16.3 Å². The molecule has 0 bridgehead atoms. The second kappa shape index (κ2) is 9.37. The molecule has 1 heterocycles. The van der Waals surface area contributed by atoms with E-state index in [1.807, 2.05) is 24.5 Å². The van der Waals surface area contributed by atoms with Gasteiger partial charge in [0.25, 0.3) is 11.6 Å². The SMILES string of the molecule is COc1ccc(Cl)cc1NC(=O)/C(C#N)=C/c1cc(C)n(-c2cccc([N+](=O)[O-])c2)c1C. The van der Waals surface area contributed by atoms with E-state index in [2.05, 4.69) is 5.32 Å². The molecule has 0 aliphatic heterocycles. The molecule has 1 amide bonds. The molecule has 0 fully saturated rings. The number of halogens is 1. The van der Waals surface area contributed by atoms with Gasteiger partial charge in [-0.15, -0.1) is 0 Å². The molecule has 0 aliphatic carbocycles. The predicted octanol–water partition coefficient (Wildman–Crippen LogP) is 5.21. The van der Waals surface area contributed by atoms with Crippen molar-refractivity contribution in [2.75, 3.05) is 12.4 Å². The lowest BCUT2D eigenvalue weighted by Crippen LogP contribution is -2.14. The van der Waals surface area contributed by atoms with Crippen LogP contribution < -0.4 is 10.1 Å². The number of ether oxygens (including phenoxy) is 1. The van der Waals surface area contributed by atoms with Crippen LogP contribution in [0.25, 0.3) is 11.8 Å².